The van der Waals surface area contributed by atoms with E-state index in [0.717, 1.165) is 18.6 Å². The maximum absolute atomic E-state index is 3.70. The third-order valence-electron chi connectivity index (χ3n) is 3.96. The molecule has 3 nitrogen and oxygen atoms in total. The fourth-order valence-electron chi connectivity index (χ4n) is 2.44. The lowest BCUT2D eigenvalue weighted by Gasteiger charge is -2.35. The van der Waals surface area contributed by atoms with Gasteiger partial charge in [-0.05, 0) is 46.4 Å². The van der Waals surface area contributed by atoms with Crippen molar-refractivity contribution in [2.24, 2.45) is 0 Å². The monoisotopic (exact) mass is 227 g/mol. The molecule has 16 heavy (non-hydrogen) atoms. The average Bonchev–Trinajstić information content (AvgIpc) is 2.29. The summed E-state index contributed by atoms with van der Waals surface area (Å²) >= 11 is 0. The summed E-state index contributed by atoms with van der Waals surface area (Å²) in [5.41, 5.74) is 0. The summed E-state index contributed by atoms with van der Waals surface area (Å²) in [6.45, 7) is 12.7. The Bertz CT molecular complexity index is 180. The van der Waals surface area contributed by atoms with Crippen LogP contribution in [0.1, 0.15) is 33.6 Å². The zero-order valence-corrected chi connectivity index (χ0v) is 11.5. The van der Waals surface area contributed by atoms with Gasteiger partial charge in [-0.25, -0.2) is 0 Å². The molecule has 0 saturated carbocycles. The van der Waals surface area contributed by atoms with Gasteiger partial charge in [-0.1, -0.05) is 13.8 Å². The normalized spacial score (nSPS) is 27.6. The second-order valence-corrected chi connectivity index (χ2v) is 5.03. The summed E-state index contributed by atoms with van der Waals surface area (Å²) in [5, 5.41) is 3.70. The minimum atomic E-state index is 0.736. The lowest BCUT2D eigenvalue weighted by molar-refractivity contribution is 0.166. The van der Waals surface area contributed by atoms with Crippen LogP contribution in [0.3, 0.4) is 0 Å². The van der Waals surface area contributed by atoms with Crippen molar-refractivity contribution in [3.8, 4) is 0 Å². The predicted molar refractivity (Wildman–Crippen MR) is 70.9 cm³/mol. The van der Waals surface area contributed by atoms with Gasteiger partial charge in [0, 0.05) is 25.2 Å². The summed E-state index contributed by atoms with van der Waals surface area (Å²) in [6.07, 6.45) is 2.61. The highest BCUT2D eigenvalue weighted by Crippen LogP contribution is 2.14. The van der Waals surface area contributed by atoms with Crippen molar-refractivity contribution in [1.82, 2.24) is 15.1 Å². The Kier molecular flexibility index (Phi) is 6.32. The summed E-state index contributed by atoms with van der Waals surface area (Å²) in [4.78, 5) is 4.94. The van der Waals surface area contributed by atoms with Crippen molar-refractivity contribution in [2.75, 3.05) is 39.8 Å². The summed E-state index contributed by atoms with van der Waals surface area (Å²) in [5.74, 6) is 0. The topological polar surface area (TPSA) is 18.5 Å². The predicted octanol–water partition coefficient (Wildman–Crippen LogP) is 1.40. The van der Waals surface area contributed by atoms with Gasteiger partial charge in [0.2, 0.25) is 0 Å². The molecular weight excluding hydrogens is 198 g/mol. The molecule has 1 N–H and O–H groups in total. The lowest BCUT2D eigenvalue weighted by Crippen LogP contribution is -2.47. The smallest absolute Gasteiger partial charge is 0.0107 e. The largest absolute Gasteiger partial charge is 0.313 e. The van der Waals surface area contributed by atoms with E-state index in [1.165, 1.54) is 39.0 Å². The van der Waals surface area contributed by atoms with Crippen LogP contribution in [0.2, 0.25) is 0 Å². The molecule has 2 atom stereocenters. The van der Waals surface area contributed by atoms with Gasteiger partial charge in [0.25, 0.3) is 0 Å². The molecule has 3 heteroatoms. The van der Waals surface area contributed by atoms with Crippen LogP contribution < -0.4 is 5.32 Å². The highest BCUT2D eigenvalue weighted by Gasteiger charge is 2.21. The molecule has 0 amide bonds. The highest BCUT2D eigenvalue weighted by atomic mass is 15.2. The third-order valence-corrected chi connectivity index (χ3v) is 3.96. The van der Waals surface area contributed by atoms with Crippen LogP contribution >= 0.6 is 0 Å². The molecule has 1 saturated heterocycles. The Morgan fingerprint density at radius 3 is 2.56 bits per heavy atom. The Hall–Kier alpha value is -0.120. The van der Waals surface area contributed by atoms with Crippen LogP contribution in [-0.4, -0.2) is 61.7 Å². The van der Waals surface area contributed by atoms with E-state index in [1.807, 2.05) is 0 Å². The van der Waals surface area contributed by atoms with Crippen molar-refractivity contribution in [1.29, 1.82) is 0 Å². The molecule has 2 unspecified atom stereocenters. The van der Waals surface area contributed by atoms with Crippen LogP contribution in [0.15, 0.2) is 0 Å². The summed E-state index contributed by atoms with van der Waals surface area (Å²) in [7, 11) is 2.23. The SMILES string of the molecule is CCN(CC)CCNC1CCN(C)C(C)C1. The minimum absolute atomic E-state index is 0.736. The fraction of sp³-hybridized carbons (Fsp3) is 1.00. The summed E-state index contributed by atoms with van der Waals surface area (Å²) < 4.78 is 0. The number of piperidine rings is 1. The minimum Gasteiger partial charge on any atom is -0.313 e. The van der Waals surface area contributed by atoms with E-state index >= 15 is 0 Å². The van der Waals surface area contributed by atoms with E-state index in [9.17, 15) is 0 Å². The molecule has 0 bridgehead atoms. The van der Waals surface area contributed by atoms with Gasteiger partial charge in [0.1, 0.15) is 0 Å². The Labute approximate surface area is 101 Å². The molecule has 1 heterocycles. The van der Waals surface area contributed by atoms with Gasteiger partial charge in [-0.2, -0.15) is 0 Å². The van der Waals surface area contributed by atoms with Gasteiger partial charge in [0.15, 0.2) is 0 Å². The third kappa shape index (κ3) is 4.40. The van der Waals surface area contributed by atoms with E-state index < -0.39 is 0 Å². The number of nitrogens with zero attached hydrogens (tertiary/aromatic N) is 2. The van der Waals surface area contributed by atoms with Crippen LogP contribution in [0, 0.1) is 0 Å². The number of hydrogen-bond acceptors (Lipinski definition) is 3. The van der Waals surface area contributed by atoms with Crippen LogP contribution in [0.5, 0.6) is 0 Å². The first-order valence-electron chi connectivity index (χ1n) is 6.83. The van der Waals surface area contributed by atoms with Crippen molar-refractivity contribution >= 4 is 0 Å². The van der Waals surface area contributed by atoms with Crippen molar-refractivity contribution in [3.63, 3.8) is 0 Å². The average molecular weight is 227 g/mol. The summed E-state index contributed by atoms with van der Waals surface area (Å²) in [6, 6.07) is 1.47. The number of rotatable bonds is 6. The van der Waals surface area contributed by atoms with Crippen molar-refractivity contribution in [2.45, 2.75) is 45.7 Å². The number of likely N-dealkylation sites (tertiary alicyclic amines) is 1. The van der Waals surface area contributed by atoms with E-state index in [2.05, 4.69) is 42.9 Å². The molecule has 96 valence electrons. The molecule has 1 aliphatic rings. The fourth-order valence-corrected chi connectivity index (χ4v) is 2.44. The molecule has 1 rings (SSSR count). The molecular formula is C13H29N3. The first-order chi connectivity index (χ1) is 7.67. The molecule has 0 aromatic heterocycles. The number of nitrogens with one attached hydrogen (secondary N) is 1. The first-order valence-corrected chi connectivity index (χ1v) is 6.83. The van der Waals surface area contributed by atoms with Crippen molar-refractivity contribution in [3.05, 3.63) is 0 Å². The van der Waals surface area contributed by atoms with E-state index in [1.54, 1.807) is 0 Å². The second-order valence-electron chi connectivity index (χ2n) is 5.03. The molecule has 0 radical (unpaired) electrons. The van der Waals surface area contributed by atoms with E-state index in [0.29, 0.717) is 0 Å². The quantitative estimate of drug-likeness (QED) is 0.740. The van der Waals surface area contributed by atoms with Gasteiger partial charge in [-0.15, -0.1) is 0 Å². The first kappa shape index (κ1) is 13.9. The van der Waals surface area contributed by atoms with Gasteiger partial charge >= 0.3 is 0 Å². The maximum atomic E-state index is 3.70. The van der Waals surface area contributed by atoms with Crippen LogP contribution in [-0.2, 0) is 0 Å². The van der Waals surface area contributed by atoms with Crippen LogP contribution in [0.4, 0.5) is 0 Å². The van der Waals surface area contributed by atoms with Gasteiger partial charge in [-0.3, -0.25) is 0 Å². The Morgan fingerprint density at radius 1 is 1.31 bits per heavy atom. The maximum Gasteiger partial charge on any atom is 0.0107 e. The number of likely N-dealkylation sites (N-methyl/N-ethyl adjacent to an activating group) is 1. The molecule has 0 aromatic carbocycles. The second kappa shape index (κ2) is 7.25. The molecule has 0 aliphatic carbocycles. The molecule has 0 spiro atoms. The Morgan fingerprint density at radius 2 is 2.00 bits per heavy atom. The van der Waals surface area contributed by atoms with Crippen LogP contribution in [0.25, 0.3) is 0 Å². The zero-order chi connectivity index (χ0) is 12.0. The molecule has 1 aliphatic heterocycles. The Balaban J connectivity index is 2.13. The van der Waals surface area contributed by atoms with E-state index in [-0.39, 0.29) is 0 Å². The zero-order valence-electron chi connectivity index (χ0n) is 11.5. The standard InChI is InChI=1S/C13H29N3/c1-5-16(6-2)10-8-14-13-7-9-15(4)12(3)11-13/h12-14H,5-11H2,1-4H3. The van der Waals surface area contributed by atoms with Gasteiger partial charge < -0.3 is 15.1 Å². The number of hydrogen-bond donors (Lipinski definition) is 1. The lowest BCUT2D eigenvalue weighted by atomic mass is 9.99. The van der Waals surface area contributed by atoms with Crippen molar-refractivity contribution < 1.29 is 0 Å². The van der Waals surface area contributed by atoms with E-state index in [4.69, 9.17) is 0 Å². The highest BCUT2D eigenvalue weighted by molar-refractivity contribution is 4.81. The van der Waals surface area contributed by atoms with Gasteiger partial charge in [0.05, 0.1) is 0 Å². The molecule has 0 aromatic rings. The molecule has 1 fully saturated rings.